The summed E-state index contributed by atoms with van der Waals surface area (Å²) in [6.07, 6.45) is 5.83. The number of sulfone groups is 1. The van der Waals surface area contributed by atoms with Gasteiger partial charge < -0.3 is 15.5 Å². The number of nitrogens with zero attached hydrogens (tertiary/aromatic N) is 2. The zero-order valence-corrected chi connectivity index (χ0v) is 21.4. The van der Waals surface area contributed by atoms with Gasteiger partial charge in [-0.2, -0.15) is 0 Å². The highest BCUT2D eigenvalue weighted by molar-refractivity contribution is 14.0. The molecule has 1 heterocycles. The number of nitrogens with one attached hydrogen (secondary N) is 2. The van der Waals surface area contributed by atoms with Crippen LogP contribution in [0.4, 0.5) is 0 Å². The van der Waals surface area contributed by atoms with E-state index in [0.717, 1.165) is 31.4 Å². The van der Waals surface area contributed by atoms with Crippen molar-refractivity contribution in [3.63, 3.8) is 0 Å². The van der Waals surface area contributed by atoms with Crippen molar-refractivity contribution in [3.05, 3.63) is 35.9 Å². The highest BCUT2D eigenvalue weighted by Crippen LogP contribution is 2.27. The topological polar surface area (TPSA) is 90.9 Å². The smallest absolute Gasteiger partial charge is 0.225 e. The van der Waals surface area contributed by atoms with Gasteiger partial charge in [-0.1, -0.05) is 43.2 Å². The Hall–Kier alpha value is -1.36. The fourth-order valence-corrected chi connectivity index (χ4v) is 5.73. The lowest BCUT2D eigenvalue weighted by Gasteiger charge is -2.21. The van der Waals surface area contributed by atoms with Crippen LogP contribution in [0.5, 0.6) is 0 Å². The molecule has 0 spiro atoms. The van der Waals surface area contributed by atoms with Crippen molar-refractivity contribution in [2.45, 2.75) is 50.3 Å². The van der Waals surface area contributed by atoms with Crippen LogP contribution in [0.3, 0.4) is 0 Å². The monoisotopic (exact) mass is 562 g/mol. The van der Waals surface area contributed by atoms with Crippen molar-refractivity contribution >= 4 is 45.7 Å². The standard InChI is InChI=1S/C22H34N4O3S.HI/c1-23-22(24-13-7-15-30(28,29)17-18-8-3-2-4-9-18)25-20-12-14-26(16-20)21(27)19-10-5-6-11-19;/h2-4,8-9,19-20H,5-7,10-17H2,1H3,(H2,23,24,25);1H. The molecule has 2 N–H and O–H groups in total. The van der Waals surface area contributed by atoms with Crippen LogP contribution in [-0.2, 0) is 20.4 Å². The Balaban J connectivity index is 0.00000341. The molecule has 9 heteroatoms. The number of aliphatic imine (C=N–C) groups is 1. The van der Waals surface area contributed by atoms with Gasteiger partial charge in [0.25, 0.3) is 0 Å². The van der Waals surface area contributed by atoms with Crippen molar-refractivity contribution in [1.29, 1.82) is 0 Å². The van der Waals surface area contributed by atoms with E-state index in [4.69, 9.17) is 0 Å². The van der Waals surface area contributed by atoms with E-state index < -0.39 is 9.84 Å². The number of rotatable bonds is 8. The second kappa shape index (κ2) is 12.6. The molecule has 2 fully saturated rings. The molecule has 1 amide bonds. The molecular formula is C22H35IN4O3S. The molecule has 1 aliphatic heterocycles. The summed E-state index contributed by atoms with van der Waals surface area (Å²) in [6, 6.07) is 9.45. The Morgan fingerprint density at radius 1 is 1.16 bits per heavy atom. The van der Waals surface area contributed by atoms with Crippen LogP contribution in [-0.4, -0.2) is 63.7 Å². The molecule has 174 valence electrons. The molecule has 31 heavy (non-hydrogen) atoms. The van der Waals surface area contributed by atoms with Crippen molar-refractivity contribution in [2.75, 3.05) is 32.4 Å². The maximum absolute atomic E-state index is 12.6. The summed E-state index contributed by atoms with van der Waals surface area (Å²) in [7, 11) is -1.42. The molecular weight excluding hydrogens is 527 g/mol. The Bertz CT molecular complexity index is 826. The van der Waals surface area contributed by atoms with Gasteiger partial charge in [0.05, 0.1) is 11.5 Å². The van der Waals surface area contributed by atoms with Gasteiger partial charge in [0.15, 0.2) is 15.8 Å². The van der Waals surface area contributed by atoms with Crippen LogP contribution in [0.25, 0.3) is 0 Å². The first kappa shape index (κ1) is 25.9. The molecule has 1 aromatic rings. The first-order chi connectivity index (χ1) is 14.5. The van der Waals surface area contributed by atoms with E-state index in [0.29, 0.717) is 31.4 Å². The third-order valence-corrected chi connectivity index (χ3v) is 7.61. The molecule has 7 nitrogen and oxygen atoms in total. The molecule has 1 aliphatic carbocycles. The number of halogens is 1. The lowest BCUT2D eigenvalue weighted by atomic mass is 10.1. The number of benzene rings is 1. The molecule has 1 aromatic carbocycles. The highest BCUT2D eigenvalue weighted by Gasteiger charge is 2.32. The van der Waals surface area contributed by atoms with E-state index in [9.17, 15) is 13.2 Å². The van der Waals surface area contributed by atoms with Crippen LogP contribution >= 0.6 is 24.0 Å². The Morgan fingerprint density at radius 2 is 1.87 bits per heavy atom. The molecule has 1 unspecified atom stereocenters. The number of hydrogen-bond acceptors (Lipinski definition) is 4. The van der Waals surface area contributed by atoms with Crippen molar-refractivity contribution in [3.8, 4) is 0 Å². The van der Waals surface area contributed by atoms with Crippen molar-refractivity contribution in [1.82, 2.24) is 15.5 Å². The van der Waals surface area contributed by atoms with Gasteiger partial charge in [0.2, 0.25) is 5.91 Å². The summed E-state index contributed by atoms with van der Waals surface area (Å²) < 4.78 is 24.6. The number of guanidine groups is 1. The number of carbonyl (C=O) groups is 1. The Labute approximate surface area is 203 Å². The number of likely N-dealkylation sites (tertiary alicyclic amines) is 1. The van der Waals surface area contributed by atoms with Gasteiger partial charge in [-0.15, -0.1) is 24.0 Å². The summed E-state index contributed by atoms with van der Waals surface area (Å²) in [4.78, 5) is 18.8. The Morgan fingerprint density at radius 3 is 2.55 bits per heavy atom. The molecule has 1 atom stereocenters. The van der Waals surface area contributed by atoms with E-state index in [1.54, 1.807) is 7.05 Å². The number of carbonyl (C=O) groups excluding carboxylic acids is 1. The quantitative estimate of drug-likeness (QED) is 0.220. The van der Waals surface area contributed by atoms with Gasteiger partial charge >= 0.3 is 0 Å². The van der Waals surface area contributed by atoms with Crippen LogP contribution in [0.2, 0.25) is 0 Å². The van der Waals surface area contributed by atoms with E-state index in [1.807, 2.05) is 35.2 Å². The second-order valence-electron chi connectivity index (χ2n) is 8.33. The maximum atomic E-state index is 12.6. The molecule has 0 radical (unpaired) electrons. The average Bonchev–Trinajstić information content (AvgIpc) is 3.42. The highest BCUT2D eigenvalue weighted by atomic mass is 127. The fourth-order valence-electron chi connectivity index (χ4n) is 4.30. The summed E-state index contributed by atoms with van der Waals surface area (Å²) in [5.74, 6) is 1.41. The number of hydrogen-bond donors (Lipinski definition) is 2. The van der Waals surface area contributed by atoms with E-state index in [-0.39, 0.29) is 47.4 Å². The summed E-state index contributed by atoms with van der Waals surface area (Å²) in [5, 5.41) is 6.58. The minimum absolute atomic E-state index is 0. The van der Waals surface area contributed by atoms with Gasteiger partial charge in [-0.3, -0.25) is 9.79 Å². The summed E-state index contributed by atoms with van der Waals surface area (Å²) in [6.45, 7) is 2.04. The zero-order chi connectivity index (χ0) is 21.4. The summed E-state index contributed by atoms with van der Waals surface area (Å²) in [5.41, 5.74) is 0.820. The molecule has 3 rings (SSSR count). The minimum atomic E-state index is -3.13. The van der Waals surface area contributed by atoms with Gasteiger partial charge in [0, 0.05) is 38.6 Å². The minimum Gasteiger partial charge on any atom is -0.356 e. The van der Waals surface area contributed by atoms with Crippen LogP contribution < -0.4 is 10.6 Å². The van der Waals surface area contributed by atoms with E-state index in [2.05, 4.69) is 15.6 Å². The first-order valence-electron chi connectivity index (χ1n) is 11.0. The third kappa shape index (κ3) is 8.25. The van der Waals surface area contributed by atoms with Crippen LogP contribution in [0.15, 0.2) is 35.3 Å². The third-order valence-electron chi connectivity index (χ3n) is 5.92. The van der Waals surface area contributed by atoms with Crippen LogP contribution in [0.1, 0.15) is 44.1 Å². The van der Waals surface area contributed by atoms with Crippen molar-refractivity contribution < 1.29 is 13.2 Å². The SMILES string of the molecule is CN=C(NCCCS(=O)(=O)Cc1ccccc1)NC1CCN(C(=O)C2CCCC2)C1.I. The second-order valence-corrected chi connectivity index (χ2v) is 10.5. The molecule has 1 saturated heterocycles. The molecule has 2 aliphatic rings. The van der Waals surface area contributed by atoms with Gasteiger partial charge in [0.1, 0.15) is 0 Å². The first-order valence-corrected chi connectivity index (χ1v) is 12.8. The van der Waals surface area contributed by atoms with E-state index in [1.165, 1.54) is 12.8 Å². The average molecular weight is 563 g/mol. The lowest BCUT2D eigenvalue weighted by molar-refractivity contribution is -0.134. The van der Waals surface area contributed by atoms with Gasteiger partial charge in [-0.25, -0.2) is 8.42 Å². The normalized spacial score (nSPS) is 19.8. The lowest BCUT2D eigenvalue weighted by Crippen LogP contribution is -2.45. The Kier molecular flexibility index (Phi) is 10.5. The predicted octanol–water partition coefficient (Wildman–Crippen LogP) is 2.57. The maximum Gasteiger partial charge on any atom is 0.225 e. The van der Waals surface area contributed by atoms with Gasteiger partial charge in [-0.05, 0) is 31.2 Å². The summed E-state index contributed by atoms with van der Waals surface area (Å²) >= 11 is 0. The fraction of sp³-hybridized carbons (Fsp3) is 0.636. The zero-order valence-electron chi connectivity index (χ0n) is 18.3. The van der Waals surface area contributed by atoms with Crippen molar-refractivity contribution in [2.24, 2.45) is 10.9 Å². The predicted molar refractivity (Wildman–Crippen MR) is 135 cm³/mol. The van der Waals surface area contributed by atoms with E-state index >= 15 is 0 Å². The molecule has 0 aromatic heterocycles. The molecule has 0 bridgehead atoms. The largest absolute Gasteiger partial charge is 0.356 e. The van der Waals surface area contributed by atoms with Crippen LogP contribution in [0, 0.1) is 5.92 Å². The number of amides is 1. The molecule has 1 saturated carbocycles.